The van der Waals surface area contributed by atoms with E-state index in [0.29, 0.717) is 40.0 Å². The van der Waals surface area contributed by atoms with Crippen LogP contribution in [0.2, 0.25) is 0 Å². The summed E-state index contributed by atoms with van der Waals surface area (Å²) in [7, 11) is 1.58. The van der Waals surface area contributed by atoms with E-state index in [1.165, 1.54) is 0 Å². The summed E-state index contributed by atoms with van der Waals surface area (Å²) < 4.78 is 8.00. The number of rotatable bonds is 11. The summed E-state index contributed by atoms with van der Waals surface area (Å²) in [5.41, 5.74) is 5.63. The molecular weight excluding hydrogens is 622 g/mol. The third kappa shape index (κ3) is 5.92. The molecule has 0 aliphatic rings. The number of pyridine rings is 2. The van der Waals surface area contributed by atoms with Gasteiger partial charge in [0.25, 0.3) is 0 Å². The van der Waals surface area contributed by atoms with Gasteiger partial charge in [-0.05, 0) is 47.4 Å². The summed E-state index contributed by atoms with van der Waals surface area (Å²) in [6.07, 6.45) is 2.29. The van der Waals surface area contributed by atoms with Crippen molar-refractivity contribution in [3.8, 4) is 17.1 Å². The number of aromatic nitrogens is 4. The monoisotopic (exact) mass is 657 g/mol. The quantitative estimate of drug-likeness (QED) is 0.114. The van der Waals surface area contributed by atoms with Crippen molar-refractivity contribution in [2.45, 2.75) is 24.9 Å². The Hall–Kier alpha value is -6.41. The highest BCUT2D eigenvalue weighted by molar-refractivity contribution is 5.98. The molecule has 8 heteroatoms. The van der Waals surface area contributed by atoms with Gasteiger partial charge in [-0.25, -0.2) is 4.68 Å². The molecule has 4 aromatic carbocycles. The first-order valence-corrected chi connectivity index (χ1v) is 16.4. The molecule has 0 saturated heterocycles. The summed E-state index contributed by atoms with van der Waals surface area (Å²) in [5.74, 6) is 0.175. The summed E-state index contributed by atoms with van der Waals surface area (Å²) in [6.45, 7) is 1.96. The Morgan fingerprint density at radius 3 is 1.92 bits per heavy atom. The summed E-state index contributed by atoms with van der Waals surface area (Å²) in [4.78, 5) is 34.7. The predicted molar refractivity (Wildman–Crippen MR) is 194 cm³/mol. The normalized spacial score (nSPS) is 12.0. The predicted octanol–water partition coefficient (Wildman–Crippen LogP) is 7.57. The Balaban J connectivity index is 1.52. The number of aldehydes is 1. The SMILES string of the molecule is COc1nn(C(c2ccccc2)(c2ccccc2)c2ccccc2)c2cc(CC(=O)N[C@H](C)c3ccccc3)nc(-c3ccnc(C=O)c3)c12. The number of ether oxygens (including phenoxy) is 1. The Labute approximate surface area is 290 Å². The molecule has 0 spiro atoms. The van der Waals surface area contributed by atoms with Gasteiger partial charge in [-0.1, -0.05) is 121 Å². The molecule has 50 heavy (non-hydrogen) atoms. The molecule has 246 valence electrons. The van der Waals surface area contributed by atoms with Gasteiger partial charge in [-0.3, -0.25) is 19.6 Å². The summed E-state index contributed by atoms with van der Waals surface area (Å²) >= 11 is 0. The second kappa shape index (κ2) is 14.0. The second-order valence-corrected chi connectivity index (χ2v) is 12.0. The number of carbonyl (C=O) groups excluding carboxylic acids is 2. The highest BCUT2D eigenvalue weighted by atomic mass is 16.5. The van der Waals surface area contributed by atoms with Crippen LogP contribution in [0.1, 0.15) is 51.4 Å². The zero-order chi connectivity index (χ0) is 34.5. The molecule has 1 N–H and O–H groups in total. The van der Waals surface area contributed by atoms with Crippen LogP contribution in [0.25, 0.3) is 22.2 Å². The minimum absolute atomic E-state index is 0.00818. The van der Waals surface area contributed by atoms with E-state index in [1.54, 1.807) is 25.4 Å². The average molecular weight is 658 g/mol. The molecule has 0 fully saturated rings. The first-order valence-electron chi connectivity index (χ1n) is 16.4. The zero-order valence-corrected chi connectivity index (χ0v) is 27.7. The van der Waals surface area contributed by atoms with Gasteiger partial charge >= 0.3 is 0 Å². The maximum Gasteiger partial charge on any atom is 0.242 e. The number of benzene rings is 4. The number of fused-ring (bicyclic) bond motifs is 1. The number of hydrogen-bond donors (Lipinski definition) is 1. The van der Waals surface area contributed by atoms with Gasteiger partial charge < -0.3 is 10.1 Å². The van der Waals surface area contributed by atoms with Gasteiger partial charge in [0.15, 0.2) is 6.29 Å². The number of methoxy groups -OCH3 is 1. The van der Waals surface area contributed by atoms with Crippen molar-refractivity contribution in [1.82, 2.24) is 25.1 Å². The maximum atomic E-state index is 13.6. The van der Waals surface area contributed by atoms with E-state index in [2.05, 4.69) is 46.7 Å². The van der Waals surface area contributed by atoms with Gasteiger partial charge in [0.1, 0.15) is 11.2 Å². The molecule has 7 aromatic rings. The summed E-state index contributed by atoms with van der Waals surface area (Å²) in [5, 5.41) is 8.98. The Morgan fingerprint density at radius 1 is 0.820 bits per heavy atom. The first kappa shape index (κ1) is 32.2. The lowest BCUT2D eigenvalue weighted by Gasteiger charge is -2.37. The van der Waals surface area contributed by atoms with Gasteiger partial charge in [0.2, 0.25) is 11.8 Å². The van der Waals surface area contributed by atoms with Crippen molar-refractivity contribution < 1.29 is 14.3 Å². The fraction of sp³-hybridized carbons (Fsp3) is 0.119. The topological polar surface area (TPSA) is 99.0 Å². The van der Waals surface area contributed by atoms with Crippen LogP contribution in [0.4, 0.5) is 0 Å². The van der Waals surface area contributed by atoms with Crippen molar-refractivity contribution in [3.63, 3.8) is 0 Å². The third-order valence-corrected chi connectivity index (χ3v) is 8.96. The minimum Gasteiger partial charge on any atom is -0.479 e. The second-order valence-electron chi connectivity index (χ2n) is 12.0. The third-order valence-electron chi connectivity index (χ3n) is 8.96. The highest BCUT2D eigenvalue weighted by Crippen LogP contribution is 2.45. The number of hydrogen-bond acceptors (Lipinski definition) is 6. The van der Waals surface area contributed by atoms with E-state index in [9.17, 15) is 9.59 Å². The largest absolute Gasteiger partial charge is 0.479 e. The molecule has 0 aliphatic heterocycles. The van der Waals surface area contributed by atoms with Crippen LogP contribution >= 0.6 is 0 Å². The van der Waals surface area contributed by atoms with E-state index >= 15 is 0 Å². The molecule has 7 rings (SSSR count). The molecule has 0 aliphatic carbocycles. The fourth-order valence-electron chi connectivity index (χ4n) is 6.70. The van der Waals surface area contributed by atoms with Crippen molar-refractivity contribution >= 4 is 23.1 Å². The smallest absolute Gasteiger partial charge is 0.242 e. The number of nitrogens with one attached hydrogen (secondary N) is 1. The van der Waals surface area contributed by atoms with Crippen molar-refractivity contribution in [1.29, 1.82) is 0 Å². The van der Waals surface area contributed by atoms with E-state index in [-0.39, 0.29) is 24.1 Å². The van der Waals surface area contributed by atoms with E-state index in [1.807, 2.05) is 103 Å². The fourth-order valence-corrected chi connectivity index (χ4v) is 6.70. The summed E-state index contributed by atoms with van der Waals surface area (Å²) in [6, 6.07) is 45.7. The number of nitrogens with zero attached hydrogens (tertiary/aromatic N) is 4. The zero-order valence-electron chi connectivity index (χ0n) is 27.7. The molecule has 0 radical (unpaired) electrons. The van der Waals surface area contributed by atoms with Crippen LogP contribution < -0.4 is 10.1 Å². The van der Waals surface area contributed by atoms with Crippen LogP contribution in [0.3, 0.4) is 0 Å². The highest BCUT2D eigenvalue weighted by Gasteiger charge is 2.41. The number of carbonyl (C=O) groups is 2. The van der Waals surface area contributed by atoms with Crippen molar-refractivity contribution in [3.05, 3.63) is 179 Å². The maximum absolute atomic E-state index is 13.6. The molecular formula is C42H35N5O3. The lowest BCUT2D eigenvalue weighted by Crippen LogP contribution is -2.38. The van der Waals surface area contributed by atoms with Gasteiger partial charge in [-0.2, -0.15) is 0 Å². The van der Waals surface area contributed by atoms with Crippen LogP contribution in [-0.4, -0.2) is 39.1 Å². The minimum atomic E-state index is -0.967. The lowest BCUT2D eigenvalue weighted by molar-refractivity contribution is -0.121. The van der Waals surface area contributed by atoms with Crippen molar-refractivity contribution in [2.24, 2.45) is 0 Å². The van der Waals surface area contributed by atoms with E-state index < -0.39 is 5.54 Å². The van der Waals surface area contributed by atoms with E-state index in [0.717, 1.165) is 22.3 Å². The Morgan fingerprint density at radius 2 is 1.38 bits per heavy atom. The van der Waals surface area contributed by atoms with Crippen LogP contribution in [0.15, 0.2) is 146 Å². The average Bonchev–Trinajstić information content (AvgIpc) is 3.55. The standard InChI is InChI=1S/C42H35N5O3/c1-29(30-15-7-3-8-16-30)44-38(49)27-35-26-37-39(40(45-35)31-23-24-43-36(25-31)28-48)41(50-2)46-47(37)42(32-17-9-4-10-18-32,33-19-11-5-12-20-33)34-21-13-6-14-22-34/h3-26,28-29H,27H2,1-2H3,(H,44,49)/t29-/m1/s1. The van der Waals surface area contributed by atoms with Crippen LogP contribution in [-0.2, 0) is 16.8 Å². The van der Waals surface area contributed by atoms with Crippen molar-refractivity contribution in [2.75, 3.05) is 7.11 Å². The molecule has 0 bridgehead atoms. The molecule has 3 heterocycles. The van der Waals surface area contributed by atoms with Crippen LogP contribution in [0, 0.1) is 0 Å². The molecule has 1 amide bonds. The molecule has 0 saturated carbocycles. The van der Waals surface area contributed by atoms with E-state index in [4.69, 9.17) is 14.8 Å². The Bertz CT molecular complexity index is 2160. The van der Waals surface area contributed by atoms with Crippen LogP contribution in [0.5, 0.6) is 5.88 Å². The van der Waals surface area contributed by atoms with Gasteiger partial charge in [0.05, 0.1) is 41.9 Å². The molecule has 1 atom stereocenters. The lowest BCUT2D eigenvalue weighted by atomic mass is 9.77. The number of amides is 1. The molecule has 3 aromatic heterocycles. The molecule has 0 unspecified atom stereocenters. The molecule has 8 nitrogen and oxygen atoms in total. The Kier molecular flexibility index (Phi) is 8.99. The van der Waals surface area contributed by atoms with Gasteiger partial charge in [-0.15, -0.1) is 5.10 Å². The first-order chi connectivity index (χ1) is 24.5. The van der Waals surface area contributed by atoms with Gasteiger partial charge in [0, 0.05) is 11.8 Å².